The van der Waals surface area contributed by atoms with E-state index in [0.717, 1.165) is 18.5 Å². The molecule has 1 atom stereocenters. The summed E-state index contributed by atoms with van der Waals surface area (Å²) in [7, 11) is 2.16. The lowest BCUT2D eigenvalue weighted by molar-refractivity contribution is 0.247. The Bertz CT molecular complexity index is 520. The molecule has 0 radical (unpaired) electrons. The van der Waals surface area contributed by atoms with Crippen LogP contribution in [-0.2, 0) is 6.42 Å². The first-order valence-electron chi connectivity index (χ1n) is 5.82. The Morgan fingerprint density at radius 3 is 3.06 bits per heavy atom. The molecule has 0 fully saturated rings. The van der Waals surface area contributed by atoms with Gasteiger partial charge in [-0.2, -0.15) is 5.21 Å². The molecular formula is C12H15N5. The first-order chi connectivity index (χ1) is 8.25. The predicted octanol–water partition coefficient (Wildman–Crippen LogP) is 1.42. The molecule has 3 rings (SSSR count). The lowest BCUT2D eigenvalue weighted by atomic mass is 9.92. The van der Waals surface area contributed by atoms with Gasteiger partial charge in [0.15, 0.2) is 0 Å². The van der Waals surface area contributed by atoms with E-state index in [1.165, 1.54) is 11.1 Å². The van der Waals surface area contributed by atoms with Crippen molar-refractivity contribution in [3.8, 4) is 11.4 Å². The van der Waals surface area contributed by atoms with Gasteiger partial charge in [-0.1, -0.05) is 12.1 Å². The molecule has 88 valence electrons. The normalized spacial score (nSPS) is 20.2. The topological polar surface area (TPSA) is 57.7 Å². The maximum Gasteiger partial charge on any atom is 0.204 e. The van der Waals surface area contributed by atoms with Crippen LogP contribution in [0.2, 0.25) is 0 Å². The van der Waals surface area contributed by atoms with Gasteiger partial charge in [-0.05, 0) is 42.8 Å². The van der Waals surface area contributed by atoms with Crippen LogP contribution in [-0.4, -0.2) is 39.1 Å². The van der Waals surface area contributed by atoms with E-state index in [4.69, 9.17) is 0 Å². The lowest BCUT2D eigenvalue weighted by Crippen LogP contribution is -2.30. The van der Waals surface area contributed by atoms with E-state index in [2.05, 4.69) is 57.7 Å². The number of fused-ring (bicyclic) bond motifs is 1. The Balaban J connectivity index is 2.06. The van der Waals surface area contributed by atoms with Gasteiger partial charge in [-0.15, -0.1) is 10.2 Å². The van der Waals surface area contributed by atoms with Crippen molar-refractivity contribution in [2.45, 2.75) is 19.4 Å². The summed E-state index contributed by atoms with van der Waals surface area (Å²) in [5, 5.41) is 14.1. The Labute approximate surface area is 99.8 Å². The van der Waals surface area contributed by atoms with Crippen LogP contribution in [0.1, 0.15) is 24.1 Å². The molecule has 0 aliphatic carbocycles. The summed E-state index contributed by atoms with van der Waals surface area (Å²) in [6, 6.07) is 6.89. The van der Waals surface area contributed by atoms with Gasteiger partial charge in [0.05, 0.1) is 0 Å². The fraction of sp³-hybridized carbons (Fsp3) is 0.417. The molecule has 2 aromatic rings. The summed E-state index contributed by atoms with van der Waals surface area (Å²) in [6.45, 7) is 3.35. The van der Waals surface area contributed by atoms with Gasteiger partial charge >= 0.3 is 0 Å². The minimum Gasteiger partial charge on any atom is -0.299 e. The highest BCUT2D eigenvalue weighted by atomic mass is 15.5. The first kappa shape index (κ1) is 10.4. The first-order valence-corrected chi connectivity index (χ1v) is 5.82. The molecule has 0 amide bonds. The maximum atomic E-state index is 4.02. The average molecular weight is 229 g/mol. The SMILES string of the molecule is CC1c2cc(-c3nn[nH]n3)ccc2CCN1C. The fourth-order valence-electron chi connectivity index (χ4n) is 2.36. The highest BCUT2D eigenvalue weighted by molar-refractivity contribution is 5.57. The number of nitrogens with one attached hydrogen (secondary N) is 1. The van der Waals surface area contributed by atoms with E-state index >= 15 is 0 Å². The standard InChI is InChI=1S/C12H15N5/c1-8-11-7-10(12-13-15-16-14-12)4-3-9(11)5-6-17(8)2/h3-4,7-8H,5-6H2,1-2H3,(H,13,14,15,16). The molecule has 2 heterocycles. The number of tetrazole rings is 1. The quantitative estimate of drug-likeness (QED) is 0.803. The third-order valence-corrected chi connectivity index (χ3v) is 3.59. The zero-order valence-corrected chi connectivity index (χ0v) is 10.0. The molecule has 0 saturated carbocycles. The molecule has 17 heavy (non-hydrogen) atoms. The number of aromatic amines is 1. The number of nitrogens with zero attached hydrogens (tertiary/aromatic N) is 4. The van der Waals surface area contributed by atoms with Crippen molar-refractivity contribution >= 4 is 0 Å². The average Bonchev–Trinajstić information content (AvgIpc) is 2.87. The van der Waals surface area contributed by atoms with Crippen LogP contribution in [0.5, 0.6) is 0 Å². The molecular weight excluding hydrogens is 214 g/mol. The van der Waals surface area contributed by atoms with E-state index in [9.17, 15) is 0 Å². The summed E-state index contributed by atoms with van der Waals surface area (Å²) in [4.78, 5) is 2.36. The molecule has 5 heteroatoms. The van der Waals surface area contributed by atoms with Crippen molar-refractivity contribution in [2.24, 2.45) is 0 Å². The number of hydrogen-bond acceptors (Lipinski definition) is 4. The number of likely N-dealkylation sites (N-methyl/N-ethyl adjacent to an activating group) is 1. The van der Waals surface area contributed by atoms with Gasteiger partial charge < -0.3 is 0 Å². The van der Waals surface area contributed by atoms with Gasteiger partial charge in [0.2, 0.25) is 5.82 Å². The number of hydrogen-bond donors (Lipinski definition) is 1. The molecule has 1 aromatic carbocycles. The van der Waals surface area contributed by atoms with Crippen LogP contribution < -0.4 is 0 Å². The zero-order valence-electron chi connectivity index (χ0n) is 10.0. The van der Waals surface area contributed by atoms with Gasteiger partial charge in [-0.25, -0.2) is 0 Å². The number of benzene rings is 1. The molecule has 1 aliphatic heterocycles. The Morgan fingerprint density at radius 2 is 2.29 bits per heavy atom. The van der Waals surface area contributed by atoms with Crippen LogP contribution >= 0.6 is 0 Å². The molecule has 1 aliphatic rings. The van der Waals surface area contributed by atoms with E-state index < -0.39 is 0 Å². The zero-order chi connectivity index (χ0) is 11.8. The van der Waals surface area contributed by atoms with E-state index in [1.54, 1.807) is 0 Å². The van der Waals surface area contributed by atoms with Crippen LogP contribution in [0.15, 0.2) is 18.2 Å². The van der Waals surface area contributed by atoms with Crippen LogP contribution in [0.4, 0.5) is 0 Å². The van der Waals surface area contributed by atoms with Crippen molar-refractivity contribution in [1.29, 1.82) is 0 Å². The minimum atomic E-state index is 0.450. The molecule has 5 nitrogen and oxygen atoms in total. The Hall–Kier alpha value is -1.75. The number of H-pyrrole nitrogens is 1. The van der Waals surface area contributed by atoms with Crippen molar-refractivity contribution in [3.63, 3.8) is 0 Å². The van der Waals surface area contributed by atoms with Crippen molar-refractivity contribution < 1.29 is 0 Å². The molecule has 0 saturated heterocycles. The fourth-order valence-corrected chi connectivity index (χ4v) is 2.36. The third kappa shape index (κ3) is 1.72. The van der Waals surface area contributed by atoms with E-state index in [1.807, 2.05) is 0 Å². The van der Waals surface area contributed by atoms with Gasteiger partial charge in [0.25, 0.3) is 0 Å². The van der Waals surface area contributed by atoms with Crippen LogP contribution in [0.25, 0.3) is 11.4 Å². The highest BCUT2D eigenvalue weighted by Crippen LogP contribution is 2.30. The molecule has 0 bridgehead atoms. The number of aromatic nitrogens is 4. The summed E-state index contributed by atoms with van der Waals surface area (Å²) in [6.07, 6.45) is 1.11. The summed E-state index contributed by atoms with van der Waals surface area (Å²) in [5.74, 6) is 0.660. The van der Waals surface area contributed by atoms with Crippen LogP contribution in [0, 0.1) is 0 Å². The molecule has 1 aromatic heterocycles. The number of rotatable bonds is 1. The van der Waals surface area contributed by atoms with E-state index in [0.29, 0.717) is 11.9 Å². The highest BCUT2D eigenvalue weighted by Gasteiger charge is 2.21. The summed E-state index contributed by atoms with van der Waals surface area (Å²) in [5.41, 5.74) is 3.84. The summed E-state index contributed by atoms with van der Waals surface area (Å²) < 4.78 is 0. The van der Waals surface area contributed by atoms with Gasteiger partial charge in [0, 0.05) is 18.2 Å². The van der Waals surface area contributed by atoms with Gasteiger partial charge in [0.1, 0.15) is 0 Å². The minimum absolute atomic E-state index is 0.450. The maximum absolute atomic E-state index is 4.02. The second kappa shape index (κ2) is 3.92. The van der Waals surface area contributed by atoms with Gasteiger partial charge in [-0.3, -0.25) is 4.90 Å². The predicted molar refractivity (Wildman–Crippen MR) is 64.4 cm³/mol. The van der Waals surface area contributed by atoms with E-state index in [-0.39, 0.29) is 0 Å². The second-order valence-corrected chi connectivity index (χ2v) is 4.56. The third-order valence-electron chi connectivity index (χ3n) is 3.59. The summed E-state index contributed by atoms with van der Waals surface area (Å²) >= 11 is 0. The molecule has 1 N–H and O–H groups in total. The molecule has 0 spiro atoms. The van der Waals surface area contributed by atoms with Crippen LogP contribution in [0.3, 0.4) is 0 Å². The second-order valence-electron chi connectivity index (χ2n) is 4.56. The smallest absolute Gasteiger partial charge is 0.204 e. The van der Waals surface area contributed by atoms with Crippen molar-refractivity contribution in [1.82, 2.24) is 25.5 Å². The Morgan fingerprint density at radius 1 is 1.41 bits per heavy atom. The lowest BCUT2D eigenvalue weighted by Gasteiger charge is -2.32. The largest absolute Gasteiger partial charge is 0.299 e. The molecule has 1 unspecified atom stereocenters. The van der Waals surface area contributed by atoms with Crippen molar-refractivity contribution in [3.05, 3.63) is 29.3 Å². The van der Waals surface area contributed by atoms with Crippen molar-refractivity contribution in [2.75, 3.05) is 13.6 Å². The monoisotopic (exact) mass is 229 g/mol. The Kier molecular flexibility index (Phi) is 2.40.